The Morgan fingerprint density at radius 2 is 1.67 bits per heavy atom. The molecule has 0 aliphatic carbocycles. The van der Waals surface area contributed by atoms with Crippen molar-refractivity contribution in [3.63, 3.8) is 0 Å². The van der Waals surface area contributed by atoms with E-state index in [4.69, 9.17) is 0 Å². The van der Waals surface area contributed by atoms with Gasteiger partial charge in [-0.1, -0.05) is 24.3 Å². The van der Waals surface area contributed by atoms with E-state index in [0.717, 1.165) is 11.3 Å². The largest absolute Gasteiger partial charge is 0.508 e. The van der Waals surface area contributed by atoms with Crippen molar-refractivity contribution in [1.29, 1.82) is 0 Å². The van der Waals surface area contributed by atoms with E-state index in [1.165, 1.54) is 0 Å². The molecule has 0 radical (unpaired) electrons. The number of carbonyl (C=O) groups excluding carboxylic acids is 1. The van der Waals surface area contributed by atoms with Gasteiger partial charge in [0.1, 0.15) is 11.9 Å². The van der Waals surface area contributed by atoms with Crippen molar-refractivity contribution in [3.8, 4) is 5.75 Å². The first-order valence-corrected chi connectivity index (χ1v) is 5.69. The van der Waals surface area contributed by atoms with E-state index in [2.05, 4.69) is 10.6 Å². The van der Waals surface area contributed by atoms with Gasteiger partial charge in [-0.2, -0.15) is 0 Å². The lowest BCUT2D eigenvalue weighted by Gasteiger charge is -2.28. The normalized spacial score (nSPS) is 17.6. The highest BCUT2D eigenvalue weighted by molar-refractivity contribution is 6.01. The molecule has 0 saturated heterocycles. The van der Waals surface area contributed by atoms with Crippen LogP contribution in [0, 0.1) is 0 Å². The fraction of sp³-hybridized carbons (Fsp3) is 0.0714. The number of rotatable bonds is 1. The van der Waals surface area contributed by atoms with Crippen LogP contribution in [0.1, 0.15) is 22.1 Å². The molecule has 1 atom stereocenters. The molecule has 4 heteroatoms. The molecule has 3 N–H and O–H groups in total. The van der Waals surface area contributed by atoms with Crippen LogP contribution in [-0.2, 0) is 0 Å². The van der Waals surface area contributed by atoms with E-state index >= 15 is 0 Å². The summed E-state index contributed by atoms with van der Waals surface area (Å²) in [4.78, 5) is 11.9. The lowest BCUT2D eigenvalue weighted by atomic mass is 10.1. The van der Waals surface area contributed by atoms with Gasteiger partial charge in [-0.15, -0.1) is 0 Å². The van der Waals surface area contributed by atoms with E-state index in [1.807, 2.05) is 18.2 Å². The SMILES string of the molecule is O=C1N[C@H](c2ccc(O)cc2)Nc2ccccc21. The monoisotopic (exact) mass is 240 g/mol. The summed E-state index contributed by atoms with van der Waals surface area (Å²) in [6, 6.07) is 14.1. The first-order chi connectivity index (χ1) is 8.74. The van der Waals surface area contributed by atoms with Gasteiger partial charge >= 0.3 is 0 Å². The van der Waals surface area contributed by atoms with E-state index in [-0.39, 0.29) is 17.8 Å². The molecule has 2 aromatic carbocycles. The molecular formula is C14H12N2O2. The number of para-hydroxylation sites is 1. The van der Waals surface area contributed by atoms with Crippen molar-refractivity contribution in [3.05, 3.63) is 59.7 Å². The van der Waals surface area contributed by atoms with Crippen molar-refractivity contribution >= 4 is 11.6 Å². The number of amides is 1. The summed E-state index contributed by atoms with van der Waals surface area (Å²) in [5, 5.41) is 15.4. The van der Waals surface area contributed by atoms with Crippen LogP contribution in [0.15, 0.2) is 48.5 Å². The third-order valence-corrected chi connectivity index (χ3v) is 2.97. The molecule has 0 unspecified atom stereocenters. The molecule has 18 heavy (non-hydrogen) atoms. The van der Waals surface area contributed by atoms with Crippen LogP contribution in [0.4, 0.5) is 5.69 Å². The van der Waals surface area contributed by atoms with Crippen molar-refractivity contribution in [2.75, 3.05) is 5.32 Å². The molecule has 1 aliphatic rings. The smallest absolute Gasteiger partial charge is 0.255 e. The number of phenols is 1. The van der Waals surface area contributed by atoms with Crippen LogP contribution in [0.3, 0.4) is 0 Å². The minimum absolute atomic E-state index is 0.0950. The van der Waals surface area contributed by atoms with Crippen molar-refractivity contribution < 1.29 is 9.90 Å². The summed E-state index contributed by atoms with van der Waals surface area (Å²) in [5.41, 5.74) is 2.36. The van der Waals surface area contributed by atoms with Gasteiger partial charge in [0.05, 0.1) is 5.56 Å². The Labute approximate surface area is 104 Å². The van der Waals surface area contributed by atoms with Crippen molar-refractivity contribution in [2.45, 2.75) is 6.17 Å². The van der Waals surface area contributed by atoms with Gasteiger partial charge in [0, 0.05) is 5.69 Å². The van der Waals surface area contributed by atoms with Crippen LogP contribution >= 0.6 is 0 Å². The first kappa shape index (κ1) is 10.7. The van der Waals surface area contributed by atoms with Gasteiger partial charge in [0.25, 0.3) is 5.91 Å². The second kappa shape index (κ2) is 4.07. The lowest BCUT2D eigenvalue weighted by Crippen LogP contribution is -2.38. The second-order valence-electron chi connectivity index (χ2n) is 4.19. The molecule has 3 rings (SSSR count). The molecule has 90 valence electrons. The number of carbonyl (C=O) groups is 1. The Kier molecular flexibility index (Phi) is 2.41. The number of fused-ring (bicyclic) bond motifs is 1. The third-order valence-electron chi connectivity index (χ3n) is 2.97. The van der Waals surface area contributed by atoms with Gasteiger partial charge < -0.3 is 15.7 Å². The standard InChI is InChI=1S/C14H12N2O2/c17-10-7-5-9(6-8-10)13-15-12-4-2-1-3-11(12)14(18)16-13/h1-8,13,15,17H,(H,16,18)/t13-/m1/s1. The molecule has 0 fully saturated rings. The maximum atomic E-state index is 11.9. The van der Waals surface area contributed by atoms with E-state index in [0.29, 0.717) is 5.56 Å². The van der Waals surface area contributed by atoms with E-state index in [9.17, 15) is 9.90 Å². The summed E-state index contributed by atoms with van der Waals surface area (Å²) in [6.45, 7) is 0. The number of aromatic hydroxyl groups is 1. The summed E-state index contributed by atoms with van der Waals surface area (Å²) in [5.74, 6) is 0.115. The van der Waals surface area contributed by atoms with Crippen LogP contribution < -0.4 is 10.6 Å². The Morgan fingerprint density at radius 1 is 0.944 bits per heavy atom. The topological polar surface area (TPSA) is 61.4 Å². The van der Waals surface area contributed by atoms with Gasteiger partial charge in [0.15, 0.2) is 0 Å². The second-order valence-corrected chi connectivity index (χ2v) is 4.19. The number of benzene rings is 2. The van der Waals surface area contributed by atoms with E-state index < -0.39 is 0 Å². The minimum Gasteiger partial charge on any atom is -0.508 e. The number of anilines is 1. The number of hydrogen-bond donors (Lipinski definition) is 3. The molecule has 2 aromatic rings. The molecule has 1 amide bonds. The molecule has 4 nitrogen and oxygen atoms in total. The van der Waals surface area contributed by atoms with Crippen LogP contribution in [0.25, 0.3) is 0 Å². The van der Waals surface area contributed by atoms with Gasteiger partial charge in [-0.3, -0.25) is 4.79 Å². The molecule has 0 saturated carbocycles. The highest BCUT2D eigenvalue weighted by Gasteiger charge is 2.23. The van der Waals surface area contributed by atoms with Gasteiger partial charge in [-0.05, 0) is 29.8 Å². The zero-order chi connectivity index (χ0) is 12.5. The van der Waals surface area contributed by atoms with Gasteiger partial charge in [-0.25, -0.2) is 0 Å². The molecule has 1 heterocycles. The number of phenolic OH excluding ortho intramolecular Hbond substituents is 1. The summed E-state index contributed by atoms with van der Waals surface area (Å²) in [7, 11) is 0. The minimum atomic E-state index is -0.270. The highest BCUT2D eigenvalue weighted by Crippen LogP contribution is 2.26. The average Bonchev–Trinajstić information content (AvgIpc) is 2.39. The lowest BCUT2D eigenvalue weighted by molar-refractivity contribution is 0.0935. The maximum absolute atomic E-state index is 11.9. The fourth-order valence-electron chi connectivity index (χ4n) is 2.04. The Hall–Kier alpha value is -2.49. The summed E-state index contributed by atoms with van der Waals surface area (Å²) >= 11 is 0. The Morgan fingerprint density at radius 3 is 2.44 bits per heavy atom. The fourth-order valence-corrected chi connectivity index (χ4v) is 2.04. The highest BCUT2D eigenvalue weighted by atomic mass is 16.3. The average molecular weight is 240 g/mol. The quantitative estimate of drug-likeness (QED) is 0.716. The molecule has 1 aliphatic heterocycles. The zero-order valence-corrected chi connectivity index (χ0v) is 9.55. The Balaban J connectivity index is 1.94. The third kappa shape index (κ3) is 1.78. The molecule has 0 bridgehead atoms. The molecule has 0 spiro atoms. The number of nitrogens with one attached hydrogen (secondary N) is 2. The number of hydrogen-bond acceptors (Lipinski definition) is 3. The Bertz CT molecular complexity index is 593. The van der Waals surface area contributed by atoms with Crippen LogP contribution in [0.2, 0.25) is 0 Å². The van der Waals surface area contributed by atoms with Crippen LogP contribution in [0.5, 0.6) is 5.75 Å². The predicted molar refractivity (Wildman–Crippen MR) is 68.4 cm³/mol. The van der Waals surface area contributed by atoms with Crippen LogP contribution in [-0.4, -0.2) is 11.0 Å². The zero-order valence-electron chi connectivity index (χ0n) is 9.55. The summed E-state index contributed by atoms with van der Waals surface area (Å²) in [6.07, 6.45) is -0.270. The maximum Gasteiger partial charge on any atom is 0.255 e. The van der Waals surface area contributed by atoms with Gasteiger partial charge in [0.2, 0.25) is 0 Å². The van der Waals surface area contributed by atoms with Crippen molar-refractivity contribution in [1.82, 2.24) is 5.32 Å². The predicted octanol–water partition coefficient (Wildman–Crippen LogP) is 2.25. The first-order valence-electron chi connectivity index (χ1n) is 5.69. The molecule has 0 aromatic heterocycles. The van der Waals surface area contributed by atoms with E-state index in [1.54, 1.807) is 30.3 Å². The molecular weight excluding hydrogens is 228 g/mol. The summed E-state index contributed by atoms with van der Waals surface area (Å²) < 4.78 is 0. The van der Waals surface area contributed by atoms with Crippen molar-refractivity contribution in [2.24, 2.45) is 0 Å².